The van der Waals surface area contributed by atoms with E-state index in [9.17, 15) is 22.0 Å². The minimum absolute atomic E-state index is 0.0795. The number of ether oxygens (including phenoxy) is 2. The van der Waals surface area contributed by atoms with Gasteiger partial charge in [0.2, 0.25) is 11.8 Å². The minimum atomic E-state index is -5.63. The molecule has 0 aliphatic rings. The molecule has 0 atom stereocenters. The molecule has 172 valence electrons. The van der Waals surface area contributed by atoms with E-state index in [0.717, 1.165) is 11.4 Å². The number of aryl methyl sites for hydroxylation is 2. The zero-order valence-corrected chi connectivity index (χ0v) is 17.4. The molecule has 0 radical (unpaired) electrons. The summed E-state index contributed by atoms with van der Waals surface area (Å²) < 4.78 is 75.1. The minimum Gasteiger partial charge on any atom is -0.494 e. The van der Waals surface area contributed by atoms with Crippen LogP contribution in [0, 0.1) is 13.8 Å². The van der Waals surface area contributed by atoms with Crippen molar-refractivity contribution < 1.29 is 31.4 Å². The van der Waals surface area contributed by atoms with Gasteiger partial charge in [0, 0.05) is 29.7 Å². The Balaban J connectivity index is 1.73. The van der Waals surface area contributed by atoms with Crippen molar-refractivity contribution in [2.45, 2.75) is 32.4 Å². The summed E-state index contributed by atoms with van der Waals surface area (Å²) in [5, 5.41) is 2.94. The highest BCUT2D eigenvalue weighted by Gasteiger charge is 2.56. The van der Waals surface area contributed by atoms with E-state index in [1.54, 1.807) is 36.0 Å². The second-order valence-electron chi connectivity index (χ2n) is 6.91. The van der Waals surface area contributed by atoms with Gasteiger partial charge >= 0.3 is 12.1 Å². The Labute approximate surface area is 180 Å². The van der Waals surface area contributed by atoms with Gasteiger partial charge in [0.15, 0.2) is 0 Å². The molecule has 3 aromatic rings. The van der Waals surface area contributed by atoms with Gasteiger partial charge in [0.25, 0.3) is 0 Å². The first kappa shape index (κ1) is 23.2. The van der Waals surface area contributed by atoms with Crippen molar-refractivity contribution in [3.8, 4) is 17.3 Å². The molecule has 7 nitrogen and oxygen atoms in total. The van der Waals surface area contributed by atoms with Gasteiger partial charge in [-0.05, 0) is 26.0 Å². The monoisotopic (exact) mass is 457 g/mol. The van der Waals surface area contributed by atoms with E-state index >= 15 is 0 Å². The number of hydrogen-bond donors (Lipinski definition) is 1. The van der Waals surface area contributed by atoms with E-state index in [1.807, 2.05) is 13.1 Å². The third-order valence-electron chi connectivity index (χ3n) is 4.34. The summed E-state index contributed by atoms with van der Waals surface area (Å²) in [6.45, 7) is 2.60. The van der Waals surface area contributed by atoms with Crippen LogP contribution in [0.15, 0.2) is 36.8 Å². The number of alkyl halides is 5. The molecule has 0 spiro atoms. The van der Waals surface area contributed by atoms with Crippen molar-refractivity contribution in [2.24, 2.45) is 0 Å². The number of anilines is 2. The Kier molecular flexibility index (Phi) is 6.51. The van der Waals surface area contributed by atoms with Gasteiger partial charge < -0.3 is 19.4 Å². The van der Waals surface area contributed by atoms with E-state index in [2.05, 4.69) is 20.3 Å². The molecule has 1 N–H and O–H groups in total. The van der Waals surface area contributed by atoms with E-state index in [4.69, 9.17) is 9.47 Å². The average molecular weight is 457 g/mol. The molecule has 0 bridgehead atoms. The summed E-state index contributed by atoms with van der Waals surface area (Å²) in [5.74, 6) is -4.36. The van der Waals surface area contributed by atoms with Crippen LogP contribution in [0.1, 0.15) is 17.8 Å². The highest BCUT2D eigenvalue weighted by molar-refractivity contribution is 5.62. The van der Waals surface area contributed by atoms with Gasteiger partial charge in [-0.3, -0.25) is 0 Å². The summed E-state index contributed by atoms with van der Waals surface area (Å²) in [5.41, 5.74) is 2.57. The van der Waals surface area contributed by atoms with Crippen LogP contribution < -0.4 is 14.8 Å². The number of aromatic nitrogens is 4. The number of nitrogens with one attached hydrogen (secondary N) is 1. The van der Waals surface area contributed by atoms with Crippen molar-refractivity contribution in [1.29, 1.82) is 0 Å². The largest absolute Gasteiger partial charge is 0.494 e. The van der Waals surface area contributed by atoms with Crippen molar-refractivity contribution >= 4 is 11.6 Å². The fourth-order valence-corrected chi connectivity index (χ4v) is 2.75. The lowest BCUT2D eigenvalue weighted by atomic mass is 10.2. The highest BCUT2D eigenvalue weighted by Crippen LogP contribution is 2.38. The second kappa shape index (κ2) is 8.97. The molecule has 2 aromatic heterocycles. The van der Waals surface area contributed by atoms with Crippen LogP contribution in [0.25, 0.3) is 5.69 Å². The Morgan fingerprint density at radius 2 is 1.78 bits per heavy atom. The first-order chi connectivity index (χ1) is 15.0. The summed E-state index contributed by atoms with van der Waals surface area (Å²) in [7, 11) is 1.51. The van der Waals surface area contributed by atoms with Gasteiger partial charge in [0.1, 0.15) is 5.75 Å². The van der Waals surface area contributed by atoms with E-state index < -0.39 is 25.1 Å². The normalized spacial score (nSPS) is 12.0. The quantitative estimate of drug-likeness (QED) is 0.480. The van der Waals surface area contributed by atoms with Crippen LogP contribution in [0.2, 0.25) is 0 Å². The molecule has 32 heavy (non-hydrogen) atoms. The van der Waals surface area contributed by atoms with Crippen molar-refractivity contribution in [2.75, 3.05) is 19.0 Å². The van der Waals surface area contributed by atoms with Crippen LogP contribution in [-0.2, 0) is 0 Å². The van der Waals surface area contributed by atoms with Crippen molar-refractivity contribution in [1.82, 2.24) is 19.5 Å². The smallest absolute Gasteiger partial charge is 0.453 e. The highest BCUT2D eigenvalue weighted by atomic mass is 19.4. The maximum Gasteiger partial charge on any atom is 0.453 e. The number of hydrogen-bond acceptors (Lipinski definition) is 6. The number of halogens is 5. The fourth-order valence-electron chi connectivity index (χ4n) is 2.75. The maximum absolute atomic E-state index is 13.0. The molecule has 0 amide bonds. The van der Waals surface area contributed by atoms with Gasteiger partial charge in [-0.1, -0.05) is 0 Å². The summed E-state index contributed by atoms with van der Waals surface area (Å²) in [6.07, 6.45) is -3.67. The Hall–Kier alpha value is -3.44. The van der Waals surface area contributed by atoms with E-state index in [-0.39, 0.29) is 11.8 Å². The number of methoxy groups -OCH3 is 1. The predicted molar refractivity (Wildman–Crippen MR) is 106 cm³/mol. The number of nitrogens with zero attached hydrogens (tertiary/aromatic N) is 4. The number of benzene rings is 1. The third-order valence-corrected chi connectivity index (χ3v) is 4.34. The molecular weight excluding hydrogens is 437 g/mol. The lowest BCUT2D eigenvalue weighted by molar-refractivity contribution is -0.285. The Morgan fingerprint density at radius 3 is 2.41 bits per heavy atom. The van der Waals surface area contributed by atoms with E-state index in [0.29, 0.717) is 17.1 Å². The molecule has 0 unspecified atom stereocenters. The molecule has 0 aliphatic carbocycles. The topological polar surface area (TPSA) is 74.1 Å². The molecule has 1 aromatic carbocycles. The SMILES string of the molecule is COc1cc(Nc2nc(C)cc(OCCC(F)(F)C(F)(F)F)n2)ccc1-n1cnc(C)c1. The third kappa shape index (κ3) is 5.42. The van der Waals surface area contributed by atoms with Gasteiger partial charge in [-0.15, -0.1) is 0 Å². The molecule has 3 rings (SSSR count). The first-order valence-electron chi connectivity index (χ1n) is 9.37. The molecule has 0 saturated heterocycles. The van der Waals surface area contributed by atoms with Crippen LogP contribution in [0.5, 0.6) is 11.6 Å². The summed E-state index contributed by atoms with van der Waals surface area (Å²) in [4.78, 5) is 12.4. The molecule has 12 heteroatoms. The van der Waals surface area contributed by atoms with Crippen molar-refractivity contribution in [3.63, 3.8) is 0 Å². The predicted octanol–water partition coefficient (Wildman–Crippen LogP) is 5.00. The standard InChI is InChI=1S/C20H20F5N5O2/c1-12-8-17(32-7-6-19(21,22)20(23,24)25)29-18(27-12)28-14-4-5-15(16(9-14)31-3)30-10-13(2)26-11-30/h4-5,8-11H,6-7H2,1-3H3,(H,27,28,29). The Bertz CT molecular complexity index is 1080. The molecule has 2 heterocycles. The molecule has 0 saturated carbocycles. The summed E-state index contributed by atoms with van der Waals surface area (Å²) >= 11 is 0. The van der Waals surface area contributed by atoms with Crippen LogP contribution >= 0.6 is 0 Å². The zero-order valence-electron chi connectivity index (χ0n) is 17.4. The average Bonchev–Trinajstić information content (AvgIpc) is 3.12. The molecule has 0 fully saturated rings. The van der Waals surface area contributed by atoms with E-state index in [1.165, 1.54) is 13.2 Å². The maximum atomic E-state index is 13.0. The van der Waals surface area contributed by atoms with Gasteiger partial charge in [-0.25, -0.2) is 9.97 Å². The van der Waals surface area contributed by atoms with Crippen molar-refractivity contribution in [3.05, 3.63) is 48.2 Å². The first-order valence-corrected chi connectivity index (χ1v) is 9.37. The van der Waals surface area contributed by atoms with Crippen LogP contribution in [0.3, 0.4) is 0 Å². The molecule has 0 aliphatic heterocycles. The zero-order chi connectivity index (χ0) is 23.5. The summed E-state index contributed by atoms with van der Waals surface area (Å²) in [6, 6.07) is 6.56. The lowest BCUT2D eigenvalue weighted by Crippen LogP contribution is -2.37. The van der Waals surface area contributed by atoms with Gasteiger partial charge in [0.05, 0.1) is 37.8 Å². The molecular formula is C20H20F5N5O2. The fraction of sp³-hybridized carbons (Fsp3) is 0.350. The Morgan fingerprint density at radius 1 is 1.03 bits per heavy atom. The lowest BCUT2D eigenvalue weighted by Gasteiger charge is -2.19. The van der Waals surface area contributed by atoms with Crippen LogP contribution in [0.4, 0.5) is 33.6 Å². The number of rotatable bonds is 8. The van der Waals surface area contributed by atoms with Gasteiger partial charge in [-0.2, -0.15) is 26.9 Å². The van der Waals surface area contributed by atoms with Crippen LogP contribution in [-0.4, -0.2) is 45.3 Å². The number of imidazole rings is 1. The second-order valence-corrected chi connectivity index (χ2v) is 6.91.